The highest BCUT2D eigenvalue weighted by molar-refractivity contribution is 9.10. The van der Waals surface area contributed by atoms with Crippen molar-refractivity contribution in [3.05, 3.63) is 50.0 Å². The van der Waals surface area contributed by atoms with Crippen LogP contribution in [0, 0.1) is 6.92 Å². The molecule has 0 aliphatic carbocycles. The second kappa shape index (κ2) is 5.38. The number of hydrogen-bond donors (Lipinski definition) is 1. The van der Waals surface area contributed by atoms with E-state index in [-0.39, 0.29) is 0 Å². The Hall–Kier alpha value is -0.580. The van der Waals surface area contributed by atoms with Gasteiger partial charge in [0.05, 0.1) is 9.50 Å². The first-order chi connectivity index (χ1) is 8.06. The van der Waals surface area contributed by atoms with E-state index >= 15 is 0 Å². The van der Waals surface area contributed by atoms with Gasteiger partial charge in [0.25, 0.3) is 0 Å². The summed E-state index contributed by atoms with van der Waals surface area (Å²) in [6.07, 6.45) is 1.61. The Kier molecular flexibility index (Phi) is 4.07. The Balaban J connectivity index is 2.28. The van der Waals surface area contributed by atoms with Crippen molar-refractivity contribution in [3.63, 3.8) is 0 Å². The Morgan fingerprint density at radius 1 is 1.18 bits per heavy atom. The third kappa shape index (κ3) is 3.21. The molecule has 0 aliphatic rings. The number of aryl methyl sites for hydroxylation is 1. The molecule has 1 N–H and O–H groups in total. The maximum absolute atomic E-state index is 5.84. The number of nitrogens with zero attached hydrogens (tertiary/aromatic N) is 1. The van der Waals surface area contributed by atoms with Gasteiger partial charge >= 0.3 is 0 Å². The summed E-state index contributed by atoms with van der Waals surface area (Å²) in [4.78, 5) is 4.22. The first kappa shape index (κ1) is 12.9. The minimum Gasteiger partial charge on any atom is -0.339 e. The second-order valence-corrected chi connectivity index (χ2v) is 5.72. The molecule has 5 heteroatoms. The first-order valence-corrected chi connectivity index (χ1v) is 6.87. The maximum atomic E-state index is 5.84. The molecule has 0 fully saturated rings. The standard InChI is InChI=1S/C12H9Br2ClN2/c1-7-4-9(2-3-10(7)13)17-12-11(14)5-8(15)6-16-12/h2-6H,1H3,(H,16,17). The number of nitrogens with one attached hydrogen (secondary N) is 1. The highest BCUT2D eigenvalue weighted by Crippen LogP contribution is 2.27. The number of anilines is 2. The molecule has 2 nitrogen and oxygen atoms in total. The molecule has 1 heterocycles. The van der Waals surface area contributed by atoms with Crippen LogP contribution >= 0.6 is 43.5 Å². The van der Waals surface area contributed by atoms with E-state index in [2.05, 4.69) is 42.2 Å². The van der Waals surface area contributed by atoms with Gasteiger partial charge in [0.2, 0.25) is 0 Å². The number of pyridine rings is 1. The van der Waals surface area contributed by atoms with E-state index in [0.29, 0.717) is 5.02 Å². The largest absolute Gasteiger partial charge is 0.339 e. The summed E-state index contributed by atoms with van der Waals surface area (Å²) in [5, 5.41) is 3.84. The zero-order valence-corrected chi connectivity index (χ0v) is 12.9. The van der Waals surface area contributed by atoms with E-state index in [9.17, 15) is 0 Å². The molecule has 2 aromatic rings. The second-order valence-electron chi connectivity index (χ2n) is 3.57. The molecule has 0 atom stereocenters. The molecule has 1 aromatic heterocycles. The van der Waals surface area contributed by atoms with Crippen LogP contribution in [0.15, 0.2) is 39.4 Å². The van der Waals surface area contributed by atoms with Crippen molar-refractivity contribution < 1.29 is 0 Å². The minimum absolute atomic E-state index is 0.606. The summed E-state index contributed by atoms with van der Waals surface area (Å²) < 4.78 is 1.93. The van der Waals surface area contributed by atoms with E-state index in [1.165, 1.54) is 5.56 Å². The normalized spacial score (nSPS) is 10.4. The predicted molar refractivity (Wildman–Crippen MR) is 79.1 cm³/mol. The molecule has 88 valence electrons. The molecule has 0 saturated carbocycles. The van der Waals surface area contributed by atoms with Gasteiger partial charge in [-0.25, -0.2) is 4.98 Å². The van der Waals surface area contributed by atoms with Crippen LogP contribution in [0.25, 0.3) is 0 Å². The van der Waals surface area contributed by atoms with Crippen LogP contribution in [-0.4, -0.2) is 4.98 Å². The molecular weight excluding hydrogens is 367 g/mol. The average molecular weight is 376 g/mol. The predicted octanol–water partition coefficient (Wildman–Crippen LogP) is 5.31. The zero-order valence-electron chi connectivity index (χ0n) is 8.97. The van der Waals surface area contributed by atoms with Crippen LogP contribution in [0.4, 0.5) is 11.5 Å². The summed E-state index contributed by atoms with van der Waals surface area (Å²) in [5.41, 5.74) is 2.15. The van der Waals surface area contributed by atoms with Crippen LogP contribution < -0.4 is 5.32 Å². The molecule has 0 spiro atoms. The molecule has 0 radical (unpaired) electrons. The van der Waals surface area contributed by atoms with E-state index in [4.69, 9.17) is 11.6 Å². The van der Waals surface area contributed by atoms with Crippen LogP contribution in [0.5, 0.6) is 0 Å². The number of halogens is 3. The third-order valence-corrected chi connectivity index (χ3v) is 3.93. The Labute approximate surface area is 122 Å². The van der Waals surface area contributed by atoms with E-state index in [1.807, 2.05) is 31.2 Å². The van der Waals surface area contributed by atoms with Gasteiger partial charge in [0, 0.05) is 16.4 Å². The molecule has 0 amide bonds. The van der Waals surface area contributed by atoms with Crippen molar-refractivity contribution >= 4 is 55.0 Å². The topological polar surface area (TPSA) is 24.9 Å². The van der Waals surface area contributed by atoms with E-state index in [0.717, 1.165) is 20.5 Å². The Morgan fingerprint density at radius 3 is 2.59 bits per heavy atom. The average Bonchev–Trinajstić information content (AvgIpc) is 2.27. The maximum Gasteiger partial charge on any atom is 0.144 e. The summed E-state index contributed by atoms with van der Waals surface area (Å²) in [6, 6.07) is 7.84. The lowest BCUT2D eigenvalue weighted by Crippen LogP contribution is -1.95. The van der Waals surface area contributed by atoms with Gasteiger partial charge in [-0.15, -0.1) is 0 Å². The molecule has 17 heavy (non-hydrogen) atoms. The Bertz CT molecular complexity index is 558. The smallest absolute Gasteiger partial charge is 0.144 e. The van der Waals surface area contributed by atoms with Gasteiger partial charge in [-0.1, -0.05) is 27.5 Å². The van der Waals surface area contributed by atoms with E-state index in [1.54, 1.807) is 6.20 Å². The summed E-state index contributed by atoms with van der Waals surface area (Å²) in [6.45, 7) is 2.04. The molecular formula is C12H9Br2ClN2. The molecule has 0 aliphatic heterocycles. The van der Waals surface area contributed by atoms with Gasteiger partial charge in [0.1, 0.15) is 5.82 Å². The van der Waals surface area contributed by atoms with Crippen LogP contribution in [0.3, 0.4) is 0 Å². The number of aromatic nitrogens is 1. The molecule has 0 bridgehead atoms. The summed E-state index contributed by atoms with van der Waals surface area (Å²) >= 11 is 12.7. The highest BCUT2D eigenvalue weighted by atomic mass is 79.9. The van der Waals surface area contributed by atoms with Crippen LogP contribution in [0.1, 0.15) is 5.56 Å². The lowest BCUT2D eigenvalue weighted by Gasteiger charge is -2.09. The van der Waals surface area contributed by atoms with Gasteiger partial charge in [0.15, 0.2) is 0 Å². The first-order valence-electron chi connectivity index (χ1n) is 4.90. The van der Waals surface area contributed by atoms with Gasteiger partial charge in [-0.3, -0.25) is 0 Å². The minimum atomic E-state index is 0.606. The van der Waals surface area contributed by atoms with Crippen molar-refractivity contribution in [3.8, 4) is 0 Å². The lowest BCUT2D eigenvalue weighted by atomic mass is 10.2. The van der Waals surface area contributed by atoms with E-state index < -0.39 is 0 Å². The van der Waals surface area contributed by atoms with Gasteiger partial charge in [-0.05, 0) is 52.7 Å². The number of rotatable bonds is 2. The van der Waals surface area contributed by atoms with Gasteiger partial charge < -0.3 is 5.32 Å². The van der Waals surface area contributed by atoms with Gasteiger partial charge in [-0.2, -0.15) is 0 Å². The molecule has 1 aromatic carbocycles. The fourth-order valence-electron chi connectivity index (χ4n) is 1.37. The lowest BCUT2D eigenvalue weighted by molar-refractivity contribution is 1.28. The fourth-order valence-corrected chi connectivity index (χ4v) is 2.35. The quantitative estimate of drug-likeness (QED) is 0.768. The van der Waals surface area contributed by atoms with Crippen molar-refractivity contribution in [1.29, 1.82) is 0 Å². The van der Waals surface area contributed by atoms with Crippen molar-refractivity contribution in [2.24, 2.45) is 0 Å². The SMILES string of the molecule is Cc1cc(Nc2ncc(Cl)cc2Br)ccc1Br. The highest BCUT2D eigenvalue weighted by Gasteiger charge is 2.04. The summed E-state index contributed by atoms with van der Waals surface area (Å²) in [5.74, 6) is 0.746. The molecule has 0 unspecified atom stereocenters. The van der Waals surface area contributed by atoms with Crippen LogP contribution in [0.2, 0.25) is 5.02 Å². The fraction of sp³-hybridized carbons (Fsp3) is 0.0833. The van der Waals surface area contributed by atoms with Crippen molar-refractivity contribution in [2.75, 3.05) is 5.32 Å². The number of hydrogen-bond acceptors (Lipinski definition) is 2. The van der Waals surface area contributed by atoms with Crippen LogP contribution in [-0.2, 0) is 0 Å². The number of benzene rings is 1. The zero-order chi connectivity index (χ0) is 12.4. The van der Waals surface area contributed by atoms with Crippen molar-refractivity contribution in [1.82, 2.24) is 4.98 Å². The summed E-state index contributed by atoms with van der Waals surface area (Å²) in [7, 11) is 0. The Morgan fingerprint density at radius 2 is 1.94 bits per heavy atom. The third-order valence-electron chi connectivity index (χ3n) is 2.23. The van der Waals surface area contributed by atoms with Crippen molar-refractivity contribution in [2.45, 2.75) is 6.92 Å². The molecule has 2 rings (SSSR count). The monoisotopic (exact) mass is 374 g/mol. The molecule has 0 saturated heterocycles.